The van der Waals surface area contributed by atoms with Crippen molar-refractivity contribution < 1.29 is 8.42 Å². The van der Waals surface area contributed by atoms with Gasteiger partial charge >= 0.3 is 0 Å². The SMILES string of the molecule is CCS(=O)(=O)N(C)CCCNC(=NC)N1CCC(C)(C)C1.I. The van der Waals surface area contributed by atoms with Gasteiger partial charge in [-0.3, -0.25) is 4.99 Å². The Morgan fingerprint density at radius 2 is 2.05 bits per heavy atom. The molecule has 8 heteroatoms. The minimum atomic E-state index is -3.07. The topological polar surface area (TPSA) is 65.0 Å². The van der Waals surface area contributed by atoms with Crippen LogP contribution in [0, 0.1) is 5.41 Å². The summed E-state index contributed by atoms with van der Waals surface area (Å²) in [4.78, 5) is 6.59. The molecule has 22 heavy (non-hydrogen) atoms. The third-order valence-electron chi connectivity index (χ3n) is 3.96. The van der Waals surface area contributed by atoms with Gasteiger partial charge in [-0.1, -0.05) is 13.8 Å². The molecule has 132 valence electrons. The van der Waals surface area contributed by atoms with Crippen LogP contribution in [0.25, 0.3) is 0 Å². The summed E-state index contributed by atoms with van der Waals surface area (Å²) in [6.07, 6.45) is 1.94. The van der Waals surface area contributed by atoms with Crippen LogP contribution >= 0.6 is 24.0 Å². The number of aliphatic imine (C=N–C) groups is 1. The second kappa shape index (κ2) is 9.27. The zero-order valence-corrected chi connectivity index (χ0v) is 17.6. The lowest BCUT2D eigenvalue weighted by Gasteiger charge is -2.24. The Hall–Kier alpha value is -0.0900. The minimum Gasteiger partial charge on any atom is -0.356 e. The van der Waals surface area contributed by atoms with Crippen molar-refractivity contribution in [3.8, 4) is 0 Å². The molecule has 0 spiro atoms. The Morgan fingerprint density at radius 1 is 1.41 bits per heavy atom. The van der Waals surface area contributed by atoms with Crippen molar-refractivity contribution in [1.82, 2.24) is 14.5 Å². The number of rotatable bonds is 6. The van der Waals surface area contributed by atoms with E-state index in [2.05, 4.69) is 29.1 Å². The van der Waals surface area contributed by atoms with Crippen LogP contribution in [0.3, 0.4) is 0 Å². The quantitative estimate of drug-likeness (QED) is 0.291. The second-order valence-corrected chi connectivity index (χ2v) is 8.75. The molecular weight excluding hydrogens is 415 g/mol. The predicted octanol–water partition coefficient (Wildman–Crippen LogP) is 1.58. The highest BCUT2D eigenvalue weighted by Crippen LogP contribution is 2.28. The summed E-state index contributed by atoms with van der Waals surface area (Å²) in [5, 5.41) is 3.33. The van der Waals surface area contributed by atoms with Gasteiger partial charge < -0.3 is 10.2 Å². The van der Waals surface area contributed by atoms with Gasteiger partial charge in [-0.15, -0.1) is 24.0 Å². The number of nitrogens with zero attached hydrogens (tertiary/aromatic N) is 3. The Morgan fingerprint density at radius 3 is 2.50 bits per heavy atom. The fourth-order valence-corrected chi connectivity index (χ4v) is 3.33. The van der Waals surface area contributed by atoms with Crippen LogP contribution in [-0.4, -0.2) is 69.6 Å². The molecule has 0 aromatic heterocycles. The van der Waals surface area contributed by atoms with Crippen LogP contribution in [0.4, 0.5) is 0 Å². The molecular formula is C14H31IN4O2S. The largest absolute Gasteiger partial charge is 0.356 e. The van der Waals surface area contributed by atoms with Gasteiger partial charge in [0.1, 0.15) is 0 Å². The van der Waals surface area contributed by atoms with E-state index in [0.717, 1.165) is 32.0 Å². The molecule has 0 atom stereocenters. The van der Waals surface area contributed by atoms with Crippen molar-refractivity contribution in [3.05, 3.63) is 0 Å². The van der Waals surface area contributed by atoms with Gasteiger partial charge in [0.25, 0.3) is 0 Å². The number of hydrogen-bond donors (Lipinski definition) is 1. The molecule has 1 saturated heterocycles. The lowest BCUT2D eigenvalue weighted by Crippen LogP contribution is -2.41. The standard InChI is InChI=1S/C14H30N4O2S.HI/c1-6-21(19,20)17(5)10-7-9-16-13(15-4)18-11-8-14(2,3)12-18;/h6-12H2,1-5H3,(H,15,16);1H. The van der Waals surface area contributed by atoms with Gasteiger partial charge in [-0.05, 0) is 25.2 Å². The van der Waals surface area contributed by atoms with E-state index in [1.807, 2.05) is 0 Å². The highest BCUT2D eigenvalue weighted by Gasteiger charge is 2.30. The summed E-state index contributed by atoms with van der Waals surface area (Å²) in [5.74, 6) is 1.07. The van der Waals surface area contributed by atoms with Crippen molar-refractivity contribution in [1.29, 1.82) is 0 Å². The third-order valence-corrected chi connectivity index (χ3v) is 5.82. The fourth-order valence-electron chi connectivity index (χ4n) is 2.49. The van der Waals surface area contributed by atoms with Crippen LogP contribution in [0.1, 0.15) is 33.6 Å². The third kappa shape index (κ3) is 6.57. The molecule has 0 saturated carbocycles. The van der Waals surface area contributed by atoms with Crippen molar-refractivity contribution >= 4 is 40.0 Å². The monoisotopic (exact) mass is 446 g/mol. The highest BCUT2D eigenvalue weighted by molar-refractivity contribution is 14.0. The first-order chi connectivity index (χ1) is 9.72. The Labute approximate surface area is 152 Å². The number of hydrogen-bond acceptors (Lipinski definition) is 3. The van der Waals surface area contributed by atoms with E-state index in [9.17, 15) is 8.42 Å². The molecule has 1 aliphatic rings. The maximum atomic E-state index is 11.6. The van der Waals surface area contributed by atoms with Crippen LogP contribution in [0.15, 0.2) is 4.99 Å². The molecule has 6 nitrogen and oxygen atoms in total. The summed E-state index contributed by atoms with van der Waals surface area (Å²) >= 11 is 0. The fraction of sp³-hybridized carbons (Fsp3) is 0.929. The Kier molecular flexibility index (Phi) is 9.23. The molecule has 1 aliphatic heterocycles. The second-order valence-electron chi connectivity index (χ2n) is 6.39. The Bertz CT molecular complexity index is 465. The summed E-state index contributed by atoms with van der Waals surface area (Å²) in [7, 11) is 0.358. The van der Waals surface area contributed by atoms with Crippen molar-refractivity contribution in [3.63, 3.8) is 0 Å². The molecule has 1 heterocycles. The number of halogens is 1. The molecule has 1 fully saturated rings. The van der Waals surface area contributed by atoms with E-state index in [1.54, 1.807) is 21.0 Å². The zero-order valence-electron chi connectivity index (χ0n) is 14.4. The molecule has 1 rings (SSSR count). The van der Waals surface area contributed by atoms with E-state index in [4.69, 9.17) is 0 Å². The van der Waals surface area contributed by atoms with E-state index in [1.165, 1.54) is 10.7 Å². The summed E-state index contributed by atoms with van der Waals surface area (Å²) in [6.45, 7) is 9.50. The lowest BCUT2D eigenvalue weighted by molar-refractivity contribution is 0.369. The van der Waals surface area contributed by atoms with Crippen molar-refractivity contribution in [2.24, 2.45) is 10.4 Å². The molecule has 0 aromatic carbocycles. The summed E-state index contributed by atoms with van der Waals surface area (Å²) < 4.78 is 24.7. The first-order valence-electron chi connectivity index (χ1n) is 7.61. The summed E-state index contributed by atoms with van der Waals surface area (Å²) in [6, 6.07) is 0. The first kappa shape index (κ1) is 21.9. The van der Waals surface area contributed by atoms with Crippen LogP contribution in [-0.2, 0) is 10.0 Å². The van der Waals surface area contributed by atoms with Crippen LogP contribution in [0.5, 0.6) is 0 Å². The van der Waals surface area contributed by atoms with Crippen molar-refractivity contribution in [2.75, 3.05) is 46.0 Å². The van der Waals surface area contributed by atoms with Gasteiger partial charge in [0, 0.05) is 40.3 Å². The average molecular weight is 446 g/mol. The number of sulfonamides is 1. The normalized spacial score (nSPS) is 18.5. The van der Waals surface area contributed by atoms with Gasteiger partial charge in [-0.2, -0.15) is 0 Å². The lowest BCUT2D eigenvalue weighted by atomic mass is 9.93. The van der Waals surface area contributed by atoms with Gasteiger partial charge in [0.2, 0.25) is 10.0 Å². The van der Waals surface area contributed by atoms with Crippen LogP contribution < -0.4 is 5.32 Å². The maximum absolute atomic E-state index is 11.6. The first-order valence-corrected chi connectivity index (χ1v) is 9.22. The molecule has 0 unspecified atom stereocenters. The molecule has 1 N–H and O–H groups in total. The molecule has 0 amide bonds. The number of nitrogens with one attached hydrogen (secondary N) is 1. The Balaban J connectivity index is 0.00000441. The molecule has 0 bridgehead atoms. The maximum Gasteiger partial charge on any atom is 0.213 e. The minimum absolute atomic E-state index is 0. The van der Waals surface area contributed by atoms with Gasteiger partial charge in [0.05, 0.1) is 5.75 Å². The van der Waals surface area contributed by atoms with E-state index in [0.29, 0.717) is 12.0 Å². The number of likely N-dealkylation sites (tertiary alicyclic amines) is 1. The average Bonchev–Trinajstić information content (AvgIpc) is 2.78. The van der Waals surface area contributed by atoms with E-state index in [-0.39, 0.29) is 29.7 Å². The smallest absolute Gasteiger partial charge is 0.213 e. The van der Waals surface area contributed by atoms with E-state index < -0.39 is 10.0 Å². The van der Waals surface area contributed by atoms with Crippen LogP contribution in [0.2, 0.25) is 0 Å². The molecule has 0 aliphatic carbocycles. The number of guanidine groups is 1. The molecule has 0 aromatic rings. The predicted molar refractivity (Wildman–Crippen MR) is 103 cm³/mol. The van der Waals surface area contributed by atoms with E-state index >= 15 is 0 Å². The van der Waals surface area contributed by atoms with Crippen molar-refractivity contribution in [2.45, 2.75) is 33.6 Å². The summed E-state index contributed by atoms with van der Waals surface area (Å²) in [5.41, 5.74) is 0.340. The molecule has 0 radical (unpaired) electrons. The van der Waals surface area contributed by atoms with Gasteiger partial charge in [0.15, 0.2) is 5.96 Å². The zero-order chi connectivity index (χ0) is 16.1. The highest BCUT2D eigenvalue weighted by atomic mass is 127. The van der Waals surface area contributed by atoms with Gasteiger partial charge in [-0.25, -0.2) is 12.7 Å².